The molecule has 0 aliphatic rings. The first-order valence-corrected chi connectivity index (χ1v) is 10.9. The van der Waals surface area contributed by atoms with Crippen LogP contribution in [0.25, 0.3) is 11.3 Å². The molecule has 0 bridgehead atoms. The van der Waals surface area contributed by atoms with E-state index >= 15 is 0 Å². The van der Waals surface area contributed by atoms with Crippen LogP contribution in [0.15, 0.2) is 64.8 Å². The van der Waals surface area contributed by atoms with Crippen LogP contribution in [0, 0.1) is 13.8 Å². The second kappa shape index (κ2) is 8.77. The van der Waals surface area contributed by atoms with Gasteiger partial charge in [-0.25, -0.2) is 0 Å². The van der Waals surface area contributed by atoms with E-state index in [0.29, 0.717) is 23.0 Å². The maximum Gasteiger partial charge on any atom is 0.300 e. The fraction of sp³-hybridized carbons (Fsp3) is 0.217. The highest BCUT2D eigenvalue weighted by Gasteiger charge is 2.15. The van der Waals surface area contributed by atoms with Crippen LogP contribution in [0.3, 0.4) is 0 Å². The summed E-state index contributed by atoms with van der Waals surface area (Å²) in [6.07, 6.45) is 3.40. The van der Waals surface area contributed by atoms with E-state index in [1.54, 1.807) is 16.8 Å². The highest BCUT2D eigenvalue weighted by molar-refractivity contribution is 7.99. The van der Waals surface area contributed by atoms with Crippen molar-refractivity contribution in [2.45, 2.75) is 25.9 Å². The number of fused-ring (bicyclic) bond motifs is 1. The number of thioether (sulfide) groups is 1. The van der Waals surface area contributed by atoms with Crippen LogP contribution in [0.1, 0.15) is 28.4 Å². The minimum absolute atomic E-state index is 0.0157. The Bertz CT molecular complexity index is 1310. The van der Waals surface area contributed by atoms with E-state index in [2.05, 4.69) is 10.2 Å². The number of rotatable bonds is 7. The maximum atomic E-state index is 12.9. The number of ketones is 1. The van der Waals surface area contributed by atoms with Crippen LogP contribution < -0.4 is 10.3 Å². The number of carbonyl (C=O) groups is 1. The van der Waals surface area contributed by atoms with E-state index in [4.69, 9.17) is 4.74 Å². The molecule has 4 rings (SSSR count). The molecule has 0 saturated carbocycles. The summed E-state index contributed by atoms with van der Waals surface area (Å²) in [4.78, 5) is 25.6. The molecule has 2 heterocycles. The zero-order valence-corrected chi connectivity index (χ0v) is 18.3. The number of aryl methyl sites for hydroxylation is 2. The van der Waals surface area contributed by atoms with Crippen molar-refractivity contribution in [1.82, 2.24) is 19.2 Å². The van der Waals surface area contributed by atoms with Gasteiger partial charge in [-0.15, -0.1) is 10.2 Å². The van der Waals surface area contributed by atoms with Crippen molar-refractivity contribution in [3.63, 3.8) is 0 Å². The van der Waals surface area contributed by atoms with Gasteiger partial charge in [0.2, 0.25) is 5.65 Å². The lowest BCUT2D eigenvalue weighted by Crippen LogP contribution is -2.20. The van der Waals surface area contributed by atoms with Crippen LogP contribution in [0.5, 0.6) is 5.75 Å². The molecule has 7 nitrogen and oxygen atoms in total. The Hall–Kier alpha value is -3.39. The standard InChI is InChI=1S/C23H22N4O3S/c1-4-30-18-8-6-17(7-9-18)26-11-12-27-21(22(26)29)24-25-23(27)31-14-20(28)19-10-5-15(2)13-16(19)3/h5-13H,4,14H2,1-3H3. The first kappa shape index (κ1) is 20.9. The zero-order valence-electron chi connectivity index (χ0n) is 17.5. The summed E-state index contributed by atoms with van der Waals surface area (Å²) >= 11 is 1.27. The van der Waals surface area contributed by atoms with Crippen LogP contribution in [-0.2, 0) is 0 Å². The topological polar surface area (TPSA) is 78.5 Å². The van der Waals surface area contributed by atoms with Crippen molar-refractivity contribution in [2.75, 3.05) is 12.4 Å². The minimum Gasteiger partial charge on any atom is -0.494 e. The highest BCUT2D eigenvalue weighted by Crippen LogP contribution is 2.20. The van der Waals surface area contributed by atoms with Gasteiger partial charge in [0.25, 0.3) is 0 Å². The number of benzene rings is 2. The molecule has 0 aliphatic carbocycles. The number of hydrogen-bond acceptors (Lipinski definition) is 6. The maximum absolute atomic E-state index is 12.9. The third-order valence-electron chi connectivity index (χ3n) is 4.88. The Morgan fingerprint density at radius 1 is 1.06 bits per heavy atom. The normalized spacial score (nSPS) is 11.1. The molecule has 2 aromatic carbocycles. The number of Topliss-reactive ketones (excluding diaryl/α,β-unsaturated/α-hetero) is 1. The van der Waals surface area contributed by atoms with Gasteiger partial charge in [-0.2, -0.15) is 0 Å². The predicted octanol–water partition coefficient (Wildman–Crippen LogP) is 3.87. The monoisotopic (exact) mass is 434 g/mol. The second-order valence-electron chi connectivity index (χ2n) is 7.11. The molecule has 0 fully saturated rings. The summed E-state index contributed by atoms with van der Waals surface area (Å²) in [5.74, 6) is 0.976. The van der Waals surface area contributed by atoms with Crippen LogP contribution in [-0.4, -0.2) is 37.3 Å². The largest absolute Gasteiger partial charge is 0.494 e. The Morgan fingerprint density at radius 2 is 1.84 bits per heavy atom. The van der Waals surface area contributed by atoms with Crippen molar-refractivity contribution in [1.29, 1.82) is 0 Å². The van der Waals surface area contributed by atoms with Crippen molar-refractivity contribution < 1.29 is 9.53 Å². The van der Waals surface area contributed by atoms with E-state index in [-0.39, 0.29) is 22.7 Å². The molecule has 2 aromatic heterocycles. The van der Waals surface area contributed by atoms with Gasteiger partial charge in [0, 0.05) is 23.6 Å². The smallest absolute Gasteiger partial charge is 0.300 e. The molecule has 0 spiro atoms. The fourth-order valence-electron chi connectivity index (χ4n) is 3.37. The summed E-state index contributed by atoms with van der Waals surface area (Å²) in [5.41, 5.74) is 3.40. The highest BCUT2D eigenvalue weighted by atomic mass is 32.2. The van der Waals surface area contributed by atoms with E-state index in [9.17, 15) is 9.59 Å². The fourth-order valence-corrected chi connectivity index (χ4v) is 4.17. The van der Waals surface area contributed by atoms with Crippen molar-refractivity contribution in [3.8, 4) is 11.4 Å². The van der Waals surface area contributed by atoms with Crippen molar-refractivity contribution >= 4 is 23.2 Å². The van der Waals surface area contributed by atoms with E-state index in [1.165, 1.54) is 16.3 Å². The molecule has 0 aliphatic heterocycles. The predicted molar refractivity (Wildman–Crippen MR) is 121 cm³/mol. The average Bonchev–Trinajstić information content (AvgIpc) is 3.17. The third-order valence-corrected chi connectivity index (χ3v) is 5.82. The second-order valence-corrected chi connectivity index (χ2v) is 8.05. The third kappa shape index (κ3) is 4.25. The number of hydrogen-bond donors (Lipinski definition) is 0. The van der Waals surface area contributed by atoms with Crippen molar-refractivity contribution in [2.24, 2.45) is 0 Å². The molecule has 0 N–H and O–H groups in total. The molecule has 31 heavy (non-hydrogen) atoms. The molecule has 0 unspecified atom stereocenters. The van der Waals surface area contributed by atoms with E-state index in [1.807, 2.05) is 63.2 Å². The van der Waals surface area contributed by atoms with Gasteiger partial charge in [-0.3, -0.25) is 18.6 Å². The van der Waals surface area contributed by atoms with Gasteiger partial charge >= 0.3 is 5.56 Å². The number of carbonyl (C=O) groups excluding carboxylic acids is 1. The van der Waals surface area contributed by atoms with E-state index < -0.39 is 0 Å². The van der Waals surface area contributed by atoms with E-state index in [0.717, 1.165) is 16.9 Å². The van der Waals surface area contributed by atoms with Crippen molar-refractivity contribution in [3.05, 3.63) is 81.9 Å². The zero-order chi connectivity index (χ0) is 22.0. The van der Waals surface area contributed by atoms with Gasteiger partial charge < -0.3 is 4.74 Å². The molecule has 0 atom stereocenters. The number of nitrogens with zero attached hydrogens (tertiary/aromatic N) is 4. The Balaban J connectivity index is 1.56. The van der Waals surface area contributed by atoms with Gasteiger partial charge in [-0.1, -0.05) is 35.5 Å². The summed E-state index contributed by atoms with van der Waals surface area (Å²) in [6.45, 7) is 6.43. The van der Waals surface area contributed by atoms with Gasteiger partial charge in [-0.05, 0) is 50.6 Å². The first-order valence-electron chi connectivity index (χ1n) is 9.91. The molecule has 8 heteroatoms. The molecular formula is C23H22N4O3S. The quantitative estimate of drug-likeness (QED) is 0.325. The molecule has 0 radical (unpaired) electrons. The Labute approximate surface area is 183 Å². The molecular weight excluding hydrogens is 412 g/mol. The Morgan fingerprint density at radius 3 is 2.55 bits per heavy atom. The summed E-state index contributed by atoms with van der Waals surface area (Å²) in [7, 11) is 0. The summed E-state index contributed by atoms with van der Waals surface area (Å²) in [5, 5.41) is 8.68. The molecule has 0 amide bonds. The van der Waals surface area contributed by atoms with Crippen LogP contribution in [0.2, 0.25) is 0 Å². The lowest BCUT2D eigenvalue weighted by Gasteiger charge is -2.08. The SMILES string of the molecule is CCOc1ccc(-n2ccn3c(SCC(=O)c4ccc(C)cc4C)nnc3c2=O)cc1. The molecule has 4 aromatic rings. The summed E-state index contributed by atoms with van der Waals surface area (Å²) < 4.78 is 8.57. The lowest BCUT2D eigenvalue weighted by molar-refractivity contribution is 0.102. The van der Waals surface area contributed by atoms with Gasteiger partial charge in [0.1, 0.15) is 5.75 Å². The number of ether oxygens (including phenoxy) is 1. The first-order chi connectivity index (χ1) is 15.0. The molecule has 0 saturated heterocycles. The van der Waals surface area contributed by atoms with Crippen LogP contribution >= 0.6 is 11.8 Å². The Kier molecular flexibility index (Phi) is 5.90. The van der Waals surface area contributed by atoms with Gasteiger partial charge in [0.05, 0.1) is 12.4 Å². The lowest BCUT2D eigenvalue weighted by atomic mass is 10.0. The summed E-state index contributed by atoms with van der Waals surface area (Å²) in [6, 6.07) is 13.0. The van der Waals surface area contributed by atoms with Gasteiger partial charge in [0.15, 0.2) is 10.9 Å². The number of aromatic nitrogens is 4. The minimum atomic E-state index is -0.285. The molecule has 158 valence electrons. The van der Waals surface area contributed by atoms with Crippen LogP contribution in [0.4, 0.5) is 0 Å². The average molecular weight is 435 g/mol.